The molecule has 12 heteroatoms. The van der Waals surface area contributed by atoms with Gasteiger partial charge in [0.1, 0.15) is 11.2 Å². The van der Waals surface area contributed by atoms with E-state index in [4.69, 9.17) is 0 Å². The van der Waals surface area contributed by atoms with E-state index in [2.05, 4.69) is 20.1 Å². The molecule has 0 saturated carbocycles. The van der Waals surface area contributed by atoms with Crippen LogP contribution in [0.1, 0.15) is 0 Å². The molecule has 0 amide bonds. The number of aryl methyl sites for hydroxylation is 1. The lowest BCUT2D eigenvalue weighted by atomic mass is 10.1. The third-order valence-electron chi connectivity index (χ3n) is 3.63. The SMILES string of the molecule is CNSc1ccc(Nc2ccc(S(F)(F)(F)(F)F)cc2)c(-c2ncn(C)n2)c1. The van der Waals surface area contributed by atoms with Gasteiger partial charge in [-0.05, 0) is 61.5 Å². The monoisotopic (exact) mass is 437 g/mol. The molecule has 0 unspecified atom stereocenters. The molecular weight excluding hydrogens is 421 g/mol. The smallest absolute Gasteiger partial charge is 0.310 e. The maximum Gasteiger partial charge on any atom is 0.310 e. The molecule has 5 nitrogen and oxygen atoms in total. The minimum absolute atomic E-state index is 0.219. The Kier molecular flexibility index (Phi) is 4.64. The van der Waals surface area contributed by atoms with E-state index in [1.54, 1.807) is 26.2 Å². The van der Waals surface area contributed by atoms with Gasteiger partial charge >= 0.3 is 10.2 Å². The molecule has 2 aromatic carbocycles. The number of nitrogens with zero attached hydrogens (tertiary/aromatic N) is 3. The van der Waals surface area contributed by atoms with Crippen LogP contribution in [0.4, 0.5) is 30.8 Å². The molecule has 0 fully saturated rings. The van der Waals surface area contributed by atoms with E-state index < -0.39 is 15.1 Å². The van der Waals surface area contributed by atoms with E-state index in [0.29, 0.717) is 29.2 Å². The standard InChI is InChI=1S/C16H16F5N5S2/c1-22-27-12-5-8-15(14(9-12)16-23-10-26(2)25-16)24-11-3-6-13(7-4-11)28(17,18,19,20)21/h3-10,22,24H,1-2H3. The number of anilines is 2. The molecule has 0 aliphatic carbocycles. The van der Waals surface area contributed by atoms with E-state index in [-0.39, 0.29) is 5.69 Å². The van der Waals surface area contributed by atoms with Crippen molar-refractivity contribution in [2.75, 3.05) is 12.4 Å². The Balaban J connectivity index is 1.96. The molecule has 0 aliphatic heterocycles. The fourth-order valence-electron chi connectivity index (χ4n) is 2.41. The van der Waals surface area contributed by atoms with Gasteiger partial charge in [0, 0.05) is 28.9 Å². The summed E-state index contributed by atoms with van der Waals surface area (Å²) in [6.45, 7) is 0. The van der Waals surface area contributed by atoms with Crippen LogP contribution in [0.15, 0.2) is 58.6 Å². The zero-order valence-electron chi connectivity index (χ0n) is 14.7. The minimum Gasteiger partial charge on any atom is -0.355 e. The molecule has 3 aromatic rings. The van der Waals surface area contributed by atoms with Gasteiger partial charge in [0.25, 0.3) is 0 Å². The highest BCUT2D eigenvalue weighted by atomic mass is 32.5. The average Bonchev–Trinajstić information content (AvgIpc) is 3.01. The number of hydrogen-bond donors (Lipinski definition) is 2. The Labute approximate surface area is 162 Å². The van der Waals surface area contributed by atoms with Crippen LogP contribution in [0, 0.1) is 0 Å². The lowest BCUT2D eigenvalue weighted by Crippen LogP contribution is -2.05. The van der Waals surface area contributed by atoms with Gasteiger partial charge in [-0.1, -0.05) is 19.4 Å². The van der Waals surface area contributed by atoms with Crippen molar-refractivity contribution in [2.45, 2.75) is 9.79 Å². The Morgan fingerprint density at radius 1 is 1.00 bits per heavy atom. The van der Waals surface area contributed by atoms with E-state index >= 15 is 0 Å². The Bertz CT molecular complexity index is 1000. The third kappa shape index (κ3) is 4.75. The number of halogens is 5. The predicted molar refractivity (Wildman–Crippen MR) is 102 cm³/mol. The highest BCUT2D eigenvalue weighted by molar-refractivity contribution is 8.45. The maximum atomic E-state index is 12.9. The van der Waals surface area contributed by atoms with Crippen molar-refractivity contribution in [1.82, 2.24) is 19.5 Å². The summed E-state index contributed by atoms with van der Waals surface area (Å²) in [6.07, 6.45) is 1.51. The van der Waals surface area contributed by atoms with E-state index in [9.17, 15) is 19.4 Å². The second kappa shape index (κ2) is 6.36. The largest absolute Gasteiger partial charge is 0.355 e. The lowest BCUT2D eigenvalue weighted by Gasteiger charge is -2.40. The zero-order chi connectivity index (χ0) is 20.6. The lowest BCUT2D eigenvalue weighted by molar-refractivity contribution is 0.364. The summed E-state index contributed by atoms with van der Waals surface area (Å²) >= 11 is 1.37. The van der Waals surface area contributed by atoms with Crippen molar-refractivity contribution >= 4 is 33.5 Å². The van der Waals surface area contributed by atoms with Crippen molar-refractivity contribution in [2.24, 2.45) is 7.05 Å². The van der Waals surface area contributed by atoms with Crippen LogP contribution in [-0.2, 0) is 7.05 Å². The molecule has 3 rings (SSSR count). The molecule has 0 spiro atoms. The second-order valence-electron chi connectivity index (χ2n) is 5.87. The first-order valence-electron chi connectivity index (χ1n) is 7.80. The molecule has 0 atom stereocenters. The number of benzene rings is 2. The fraction of sp³-hybridized carbons (Fsp3) is 0.125. The molecule has 1 heterocycles. The van der Waals surface area contributed by atoms with Gasteiger partial charge in [0.05, 0.1) is 0 Å². The van der Waals surface area contributed by atoms with Crippen LogP contribution < -0.4 is 10.0 Å². The molecule has 1 aromatic heterocycles. The average molecular weight is 437 g/mol. The molecule has 2 N–H and O–H groups in total. The van der Waals surface area contributed by atoms with Crippen molar-refractivity contribution in [3.8, 4) is 11.4 Å². The Morgan fingerprint density at radius 2 is 1.68 bits per heavy atom. The fourth-order valence-corrected chi connectivity index (χ4v) is 3.61. The number of aromatic nitrogens is 3. The van der Waals surface area contributed by atoms with Crippen molar-refractivity contribution in [3.63, 3.8) is 0 Å². The van der Waals surface area contributed by atoms with E-state index in [0.717, 1.165) is 17.0 Å². The topological polar surface area (TPSA) is 54.8 Å². The number of rotatable bonds is 6. The molecule has 0 radical (unpaired) electrons. The van der Waals surface area contributed by atoms with Gasteiger partial charge in [-0.15, -0.1) is 0 Å². The molecule has 0 saturated heterocycles. The quantitative estimate of drug-likeness (QED) is 0.360. The van der Waals surface area contributed by atoms with Crippen molar-refractivity contribution in [1.29, 1.82) is 0 Å². The van der Waals surface area contributed by atoms with Gasteiger partial charge in [0.2, 0.25) is 0 Å². The van der Waals surface area contributed by atoms with Gasteiger partial charge in [-0.25, -0.2) is 4.98 Å². The molecule has 28 heavy (non-hydrogen) atoms. The Morgan fingerprint density at radius 3 is 2.21 bits per heavy atom. The zero-order valence-corrected chi connectivity index (χ0v) is 16.3. The summed E-state index contributed by atoms with van der Waals surface area (Å²) in [4.78, 5) is 3.13. The summed E-state index contributed by atoms with van der Waals surface area (Å²) in [7, 11) is -6.23. The van der Waals surface area contributed by atoms with E-state index in [1.807, 2.05) is 6.07 Å². The number of hydrogen-bond acceptors (Lipinski definition) is 5. The summed E-state index contributed by atoms with van der Waals surface area (Å²) in [6, 6.07) is 7.96. The highest BCUT2D eigenvalue weighted by Gasteiger charge is 2.65. The van der Waals surface area contributed by atoms with Gasteiger partial charge in [0.15, 0.2) is 5.82 Å². The summed E-state index contributed by atoms with van der Waals surface area (Å²) < 4.78 is 68.8. The Hall–Kier alpha value is -2.31. The molecule has 0 aliphatic rings. The number of nitrogens with one attached hydrogen (secondary N) is 2. The third-order valence-corrected chi connectivity index (χ3v) is 5.49. The summed E-state index contributed by atoms with van der Waals surface area (Å²) in [5.74, 6) is 0.409. The second-order valence-corrected chi connectivity index (χ2v) is 9.37. The first-order valence-corrected chi connectivity index (χ1v) is 10.6. The normalized spacial score (nSPS) is 14.4. The summed E-state index contributed by atoms with van der Waals surface area (Å²) in [5.41, 5.74) is 1.35. The summed E-state index contributed by atoms with van der Waals surface area (Å²) in [5, 5.41) is 7.18. The van der Waals surface area contributed by atoms with Crippen LogP contribution in [0.5, 0.6) is 0 Å². The van der Waals surface area contributed by atoms with Crippen LogP contribution in [0.3, 0.4) is 0 Å². The minimum atomic E-state index is -9.70. The van der Waals surface area contributed by atoms with Crippen molar-refractivity contribution in [3.05, 3.63) is 48.8 Å². The first-order chi connectivity index (χ1) is 12.9. The van der Waals surface area contributed by atoms with Crippen LogP contribution in [-0.4, -0.2) is 21.8 Å². The van der Waals surface area contributed by atoms with Crippen LogP contribution >= 0.6 is 22.2 Å². The van der Waals surface area contributed by atoms with Crippen molar-refractivity contribution < 1.29 is 19.4 Å². The van der Waals surface area contributed by atoms with E-state index in [1.165, 1.54) is 23.0 Å². The van der Waals surface area contributed by atoms with Gasteiger partial charge in [-0.3, -0.25) is 9.40 Å². The van der Waals surface area contributed by atoms with Crippen LogP contribution in [0.2, 0.25) is 0 Å². The molecule has 152 valence electrons. The molecular formula is C16H16F5N5S2. The molecule has 0 bridgehead atoms. The van der Waals surface area contributed by atoms with Crippen LogP contribution in [0.25, 0.3) is 11.4 Å². The maximum absolute atomic E-state index is 12.9. The first kappa shape index (κ1) is 20.4. The highest BCUT2D eigenvalue weighted by Crippen LogP contribution is 3.02. The van der Waals surface area contributed by atoms with Gasteiger partial charge < -0.3 is 5.32 Å². The predicted octanol–water partition coefficient (Wildman–Crippen LogP) is 6.11. The van der Waals surface area contributed by atoms with Gasteiger partial charge in [-0.2, -0.15) is 5.10 Å².